The van der Waals surface area contributed by atoms with Gasteiger partial charge in [-0.25, -0.2) is 0 Å². The van der Waals surface area contributed by atoms with E-state index in [9.17, 15) is 9.90 Å². The van der Waals surface area contributed by atoms with Gasteiger partial charge in [0.2, 0.25) is 0 Å². The zero-order chi connectivity index (χ0) is 16.8. The summed E-state index contributed by atoms with van der Waals surface area (Å²) in [6.45, 7) is 8.29. The lowest BCUT2D eigenvalue weighted by Gasteiger charge is -2.30. The van der Waals surface area contributed by atoms with Crippen LogP contribution in [0.15, 0.2) is 6.07 Å². The van der Waals surface area contributed by atoms with E-state index >= 15 is 0 Å². The predicted molar refractivity (Wildman–Crippen MR) is 93.3 cm³/mol. The Labute approximate surface area is 142 Å². The number of nitrogens with zero attached hydrogens (tertiary/aromatic N) is 2. The van der Waals surface area contributed by atoms with Gasteiger partial charge in [0.15, 0.2) is 0 Å². The molecule has 23 heavy (non-hydrogen) atoms. The topological polar surface area (TPSA) is 53.0 Å². The van der Waals surface area contributed by atoms with Gasteiger partial charge in [-0.1, -0.05) is 13.3 Å². The molecule has 1 amide bonds. The number of thiophene rings is 1. The first kappa shape index (κ1) is 18.4. The third-order valence-corrected chi connectivity index (χ3v) is 5.24. The molecule has 1 aromatic heterocycles. The number of aliphatic hydroxyl groups excluding tert-OH is 1. The van der Waals surface area contributed by atoms with E-state index in [0.717, 1.165) is 44.0 Å². The summed E-state index contributed by atoms with van der Waals surface area (Å²) in [5, 5.41) is 10.2. The van der Waals surface area contributed by atoms with Crippen molar-refractivity contribution in [1.82, 2.24) is 9.80 Å². The number of carbonyl (C=O) groups excluding carboxylic acids is 1. The Hall–Kier alpha value is -0.950. The summed E-state index contributed by atoms with van der Waals surface area (Å²) in [4.78, 5) is 18.3. The van der Waals surface area contributed by atoms with Crippen LogP contribution in [0.25, 0.3) is 0 Å². The number of ether oxygens (including phenoxy) is 1. The summed E-state index contributed by atoms with van der Waals surface area (Å²) >= 11 is 1.55. The molecule has 2 heterocycles. The average molecular weight is 340 g/mol. The van der Waals surface area contributed by atoms with E-state index in [2.05, 4.69) is 18.7 Å². The minimum atomic E-state index is -0.529. The molecule has 0 saturated carbocycles. The van der Waals surface area contributed by atoms with Gasteiger partial charge >= 0.3 is 0 Å². The van der Waals surface area contributed by atoms with Crippen LogP contribution in [0.3, 0.4) is 0 Å². The maximum Gasteiger partial charge on any atom is 0.263 e. The molecular weight excluding hydrogens is 312 g/mol. The number of hydrogen-bond donors (Lipinski definition) is 1. The molecule has 6 heteroatoms. The summed E-state index contributed by atoms with van der Waals surface area (Å²) in [6, 6.07) is 2.01. The summed E-state index contributed by atoms with van der Waals surface area (Å²) in [6.07, 6.45) is 1.57. The average Bonchev–Trinajstić information content (AvgIpc) is 2.89. The van der Waals surface area contributed by atoms with Crippen molar-refractivity contribution in [3.63, 3.8) is 0 Å². The van der Waals surface area contributed by atoms with Crippen LogP contribution in [0.5, 0.6) is 0 Å². The Kier molecular flexibility index (Phi) is 7.02. The Morgan fingerprint density at radius 2 is 2.17 bits per heavy atom. The molecule has 1 aliphatic rings. The minimum absolute atomic E-state index is 0.00137. The number of carbonyl (C=O) groups is 1. The first-order valence-electron chi connectivity index (χ1n) is 8.34. The third-order valence-electron chi connectivity index (χ3n) is 4.15. The van der Waals surface area contributed by atoms with Crippen molar-refractivity contribution < 1.29 is 14.6 Å². The number of aryl methyl sites for hydroxylation is 2. The van der Waals surface area contributed by atoms with Crippen molar-refractivity contribution in [1.29, 1.82) is 0 Å². The van der Waals surface area contributed by atoms with Gasteiger partial charge in [-0.3, -0.25) is 9.69 Å². The highest BCUT2D eigenvalue weighted by Gasteiger charge is 2.21. The van der Waals surface area contributed by atoms with Crippen molar-refractivity contribution in [3.05, 3.63) is 21.4 Å². The Bertz CT molecular complexity index is 512. The number of rotatable bonds is 7. The molecule has 5 nitrogen and oxygen atoms in total. The van der Waals surface area contributed by atoms with Crippen LogP contribution in [0.2, 0.25) is 0 Å². The normalized spacial score (nSPS) is 17.2. The number of β-amino-alcohol motifs (C(OH)–C–C–N with tert-alkyl or cyclic N) is 1. The minimum Gasteiger partial charge on any atom is -0.390 e. The molecule has 0 aliphatic carbocycles. The van der Waals surface area contributed by atoms with Crippen LogP contribution in [0, 0.1) is 6.92 Å². The molecule has 1 aliphatic heterocycles. The largest absolute Gasteiger partial charge is 0.390 e. The van der Waals surface area contributed by atoms with Crippen molar-refractivity contribution in [3.8, 4) is 0 Å². The van der Waals surface area contributed by atoms with E-state index in [4.69, 9.17) is 4.74 Å². The highest BCUT2D eigenvalue weighted by atomic mass is 32.1. The highest BCUT2D eigenvalue weighted by molar-refractivity contribution is 7.14. The van der Waals surface area contributed by atoms with E-state index in [0.29, 0.717) is 13.1 Å². The molecule has 1 fully saturated rings. The zero-order valence-corrected chi connectivity index (χ0v) is 15.2. The van der Waals surface area contributed by atoms with Gasteiger partial charge in [0, 0.05) is 38.1 Å². The van der Waals surface area contributed by atoms with E-state index in [1.807, 2.05) is 6.07 Å². The fraction of sp³-hybridized carbons (Fsp3) is 0.706. The van der Waals surface area contributed by atoms with E-state index in [-0.39, 0.29) is 5.91 Å². The summed E-state index contributed by atoms with van der Waals surface area (Å²) in [5.74, 6) is 0.00137. The molecule has 0 radical (unpaired) electrons. The van der Waals surface area contributed by atoms with Crippen LogP contribution in [-0.2, 0) is 11.2 Å². The molecule has 1 N–H and O–H groups in total. The molecule has 0 spiro atoms. The second-order valence-corrected chi connectivity index (χ2v) is 7.45. The molecule has 1 atom stereocenters. The van der Waals surface area contributed by atoms with E-state index < -0.39 is 6.10 Å². The van der Waals surface area contributed by atoms with Crippen LogP contribution < -0.4 is 0 Å². The van der Waals surface area contributed by atoms with Crippen molar-refractivity contribution in [2.45, 2.75) is 32.8 Å². The summed E-state index contributed by atoms with van der Waals surface area (Å²) < 4.78 is 5.31. The van der Waals surface area contributed by atoms with Gasteiger partial charge in [0.1, 0.15) is 0 Å². The number of amides is 1. The van der Waals surface area contributed by atoms with Gasteiger partial charge in [0.05, 0.1) is 24.2 Å². The summed E-state index contributed by atoms with van der Waals surface area (Å²) in [5.41, 5.74) is 1.27. The monoisotopic (exact) mass is 340 g/mol. The highest BCUT2D eigenvalue weighted by Crippen LogP contribution is 2.24. The second-order valence-electron chi connectivity index (χ2n) is 6.19. The maximum atomic E-state index is 12.5. The number of aliphatic hydroxyl groups is 1. The summed E-state index contributed by atoms with van der Waals surface area (Å²) in [7, 11) is 1.76. The van der Waals surface area contributed by atoms with Gasteiger partial charge < -0.3 is 14.7 Å². The van der Waals surface area contributed by atoms with Crippen LogP contribution >= 0.6 is 11.3 Å². The van der Waals surface area contributed by atoms with Crippen LogP contribution in [0.4, 0.5) is 0 Å². The molecule has 1 saturated heterocycles. The fourth-order valence-corrected chi connectivity index (χ4v) is 3.94. The Balaban J connectivity index is 1.87. The quantitative estimate of drug-likeness (QED) is 0.822. The first-order valence-corrected chi connectivity index (χ1v) is 9.15. The smallest absolute Gasteiger partial charge is 0.263 e. The Morgan fingerprint density at radius 3 is 2.83 bits per heavy atom. The van der Waals surface area contributed by atoms with Gasteiger partial charge in [-0.15, -0.1) is 11.3 Å². The number of likely N-dealkylation sites (N-methyl/N-ethyl adjacent to an activating group) is 1. The van der Waals surface area contributed by atoms with Crippen molar-refractivity contribution in [2.75, 3.05) is 46.4 Å². The molecule has 1 unspecified atom stereocenters. The van der Waals surface area contributed by atoms with Crippen molar-refractivity contribution in [2.24, 2.45) is 0 Å². The Morgan fingerprint density at radius 1 is 1.48 bits per heavy atom. The van der Waals surface area contributed by atoms with Gasteiger partial charge in [0.25, 0.3) is 5.91 Å². The molecular formula is C17H28N2O3S. The van der Waals surface area contributed by atoms with Crippen LogP contribution in [-0.4, -0.2) is 73.4 Å². The third kappa shape index (κ3) is 5.28. The number of hydrogen-bond acceptors (Lipinski definition) is 5. The lowest BCUT2D eigenvalue weighted by Crippen LogP contribution is -2.44. The van der Waals surface area contributed by atoms with Gasteiger partial charge in [-0.2, -0.15) is 0 Å². The second kappa shape index (κ2) is 8.78. The van der Waals surface area contributed by atoms with Crippen LogP contribution in [0.1, 0.15) is 33.5 Å². The molecule has 130 valence electrons. The molecule has 2 rings (SSSR count). The SMILES string of the molecule is CCCc1cc(C(=O)N(C)CC(O)CN2CCOCC2)sc1C. The number of morpholine rings is 1. The first-order chi connectivity index (χ1) is 11.0. The van der Waals surface area contributed by atoms with Gasteiger partial charge in [-0.05, 0) is 25.0 Å². The molecule has 0 bridgehead atoms. The standard InChI is InChI=1S/C17H28N2O3S/c1-4-5-14-10-16(23-13(14)2)17(21)18(3)11-15(20)12-19-6-8-22-9-7-19/h10,15,20H,4-9,11-12H2,1-3H3. The van der Waals surface area contributed by atoms with Crippen molar-refractivity contribution >= 4 is 17.2 Å². The van der Waals surface area contributed by atoms with E-state index in [1.54, 1.807) is 23.3 Å². The lowest BCUT2D eigenvalue weighted by atomic mass is 10.1. The fourth-order valence-electron chi connectivity index (χ4n) is 2.87. The predicted octanol–water partition coefficient (Wildman–Crippen LogP) is 1.77. The molecule has 0 aromatic carbocycles. The lowest BCUT2D eigenvalue weighted by molar-refractivity contribution is 0.00883. The zero-order valence-electron chi connectivity index (χ0n) is 14.4. The maximum absolute atomic E-state index is 12.5. The molecule has 1 aromatic rings. The van der Waals surface area contributed by atoms with E-state index in [1.165, 1.54) is 10.4 Å².